The number of carbonyl (C=O) groups is 6. The summed E-state index contributed by atoms with van der Waals surface area (Å²) in [6.45, 7) is -0.788. The lowest BCUT2D eigenvalue weighted by Crippen LogP contribution is -2.56. The lowest BCUT2D eigenvalue weighted by Gasteiger charge is -2.29. The van der Waals surface area contributed by atoms with Crippen molar-refractivity contribution in [1.29, 1.82) is 0 Å². The van der Waals surface area contributed by atoms with Crippen LogP contribution in [0.25, 0.3) is 10.9 Å². The minimum atomic E-state index is -1.19. The Balaban J connectivity index is 1.05. The molecule has 6 rings (SSSR count). The number of ether oxygens (including phenoxy) is 1. The molecule has 5 amide bonds. The van der Waals surface area contributed by atoms with Crippen molar-refractivity contribution in [3.8, 4) is 5.75 Å². The number of carbonyl (C=O) groups excluding carboxylic acids is 6. The number of benzene rings is 3. The fraction of sp³-hybridized carbons (Fsp3) is 0.279. The Labute approximate surface area is 349 Å². The van der Waals surface area contributed by atoms with Gasteiger partial charge >= 0.3 is 5.97 Å². The maximum Gasteiger partial charge on any atom is 0.334 e. The van der Waals surface area contributed by atoms with Crippen LogP contribution in [-0.2, 0) is 48.0 Å². The van der Waals surface area contributed by atoms with E-state index in [0.29, 0.717) is 17.5 Å². The number of rotatable bonds is 18. The predicted molar refractivity (Wildman–Crippen MR) is 221 cm³/mol. The number of H-pyrrole nitrogens is 1. The van der Waals surface area contributed by atoms with Crippen molar-refractivity contribution >= 4 is 52.1 Å². The number of fused-ring (bicyclic) bond motifs is 1. The normalized spacial score (nSPS) is 14.9. The number of likely N-dealkylation sites (tertiary alicyclic amines) is 1. The summed E-state index contributed by atoms with van der Waals surface area (Å²) < 4.78 is 5.42. The Kier molecular flexibility index (Phi) is 14.5. The Morgan fingerprint density at radius 1 is 0.836 bits per heavy atom. The summed E-state index contributed by atoms with van der Waals surface area (Å²) in [5.74, 6) is -3.87. The molecule has 1 aliphatic heterocycles. The second-order valence-electron chi connectivity index (χ2n) is 14.5. The van der Waals surface area contributed by atoms with Crippen molar-refractivity contribution in [3.63, 3.8) is 0 Å². The molecule has 5 aromatic rings. The molecule has 1 saturated heterocycles. The van der Waals surface area contributed by atoms with E-state index >= 15 is 0 Å². The van der Waals surface area contributed by atoms with Gasteiger partial charge in [-0.3, -0.25) is 39.1 Å². The van der Waals surface area contributed by atoms with Crippen molar-refractivity contribution in [1.82, 2.24) is 36.1 Å². The second kappa shape index (κ2) is 20.5. The summed E-state index contributed by atoms with van der Waals surface area (Å²) in [4.78, 5) is 99.3. The summed E-state index contributed by atoms with van der Waals surface area (Å²) >= 11 is 0. The molecule has 61 heavy (non-hydrogen) atoms. The summed E-state index contributed by atoms with van der Waals surface area (Å²) in [6.07, 6.45) is 5.98. The van der Waals surface area contributed by atoms with Gasteiger partial charge in [0, 0.05) is 61.0 Å². The first kappa shape index (κ1) is 43.1. The number of nitro groups is 1. The number of nitrogens with two attached hydrogens (primary N) is 1. The van der Waals surface area contributed by atoms with Gasteiger partial charge in [-0.1, -0.05) is 54.6 Å². The third kappa shape index (κ3) is 11.8. The molecule has 0 saturated carbocycles. The first-order chi connectivity index (χ1) is 29.4. The quantitative estimate of drug-likeness (QED) is 0.0320. The zero-order valence-electron chi connectivity index (χ0n) is 33.0. The molecular weight excluding hydrogens is 787 g/mol. The lowest BCUT2D eigenvalue weighted by atomic mass is 10.0. The van der Waals surface area contributed by atoms with E-state index in [2.05, 4.69) is 31.2 Å². The van der Waals surface area contributed by atoms with Gasteiger partial charge in [0.05, 0.1) is 24.1 Å². The molecule has 0 radical (unpaired) electrons. The number of nitro benzene ring substituents is 1. The highest BCUT2D eigenvalue weighted by Gasteiger charge is 2.38. The fourth-order valence-corrected chi connectivity index (χ4v) is 7.03. The minimum absolute atomic E-state index is 0.0338. The molecule has 316 valence electrons. The fourth-order valence-electron chi connectivity index (χ4n) is 7.03. The number of hydrogen-bond acceptors (Lipinski definition) is 11. The molecule has 1 aliphatic rings. The molecule has 4 atom stereocenters. The molecule has 3 heterocycles. The molecule has 2 aromatic heterocycles. The van der Waals surface area contributed by atoms with E-state index in [-0.39, 0.29) is 43.7 Å². The van der Waals surface area contributed by atoms with Crippen molar-refractivity contribution < 1.29 is 38.4 Å². The van der Waals surface area contributed by atoms with Crippen LogP contribution in [0.2, 0.25) is 0 Å². The topological polar surface area (TPSA) is 261 Å². The van der Waals surface area contributed by atoms with Crippen LogP contribution in [0.1, 0.15) is 29.5 Å². The van der Waals surface area contributed by atoms with Crippen LogP contribution in [0.5, 0.6) is 5.75 Å². The van der Waals surface area contributed by atoms with Crippen LogP contribution in [0.15, 0.2) is 110 Å². The minimum Gasteiger partial charge on any atom is -0.425 e. The maximum absolute atomic E-state index is 14.1. The summed E-state index contributed by atoms with van der Waals surface area (Å²) in [5, 5.41) is 22.4. The molecule has 0 unspecified atom stereocenters. The number of non-ortho nitro benzene ring substituents is 1. The first-order valence-electron chi connectivity index (χ1n) is 19.6. The van der Waals surface area contributed by atoms with Crippen LogP contribution in [0.3, 0.4) is 0 Å². The standard InChI is InChI=1S/C43H45N9O9/c44-33(22-29-24-46-34-12-5-4-11-32(29)34)40(55)47-25-38(53)49-35(21-28-10-6-18-45-23-28)42(57)51-19-7-13-37(51)41(56)48-26-39(54)50-36(20-27-8-2-1-3-9-27)43(58)61-31-16-14-30(15-17-31)52(59)60/h1-6,8-12,14-18,23-24,33,35-37,46H,7,13,19-22,25-26,44H2,(H,47,55)(H,48,56)(H,49,53)(H,50,54)/t33-,35+,36-,37+/m1/s1. The molecule has 7 N–H and O–H groups in total. The lowest BCUT2D eigenvalue weighted by molar-refractivity contribution is -0.384. The zero-order chi connectivity index (χ0) is 43.3. The van der Waals surface area contributed by atoms with Crippen LogP contribution < -0.4 is 31.7 Å². The van der Waals surface area contributed by atoms with E-state index in [0.717, 1.165) is 16.5 Å². The Morgan fingerprint density at radius 2 is 1.51 bits per heavy atom. The number of para-hydroxylation sites is 1. The van der Waals surface area contributed by atoms with Gasteiger partial charge in [0.2, 0.25) is 29.5 Å². The van der Waals surface area contributed by atoms with Crippen molar-refractivity contribution in [2.45, 2.75) is 56.3 Å². The number of aromatic nitrogens is 2. The number of amides is 5. The average molecular weight is 832 g/mol. The van der Waals surface area contributed by atoms with Crippen LogP contribution in [0.4, 0.5) is 5.69 Å². The van der Waals surface area contributed by atoms with Crippen LogP contribution >= 0.6 is 0 Å². The summed E-state index contributed by atoms with van der Waals surface area (Å²) in [6, 6.07) is 20.5. The van der Waals surface area contributed by atoms with E-state index in [1.807, 2.05) is 24.3 Å². The number of pyridine rings is 1. The van der Waals surface area contributed by atoms with Gasteiger partial charge in [-0.2, -0.15) is 0 Å². The molecule has 18 heteroatoms. The third-order valence-electron chi connectivity index (χ3n) is 10.1. The molecule has 3 aromatic carbocycles. The molecule has 1 fully saturated rings. The highest BCUT2D eigenvalue weighted by atomic mass is 16.6. The molecule has 18 nitrogen and oxygen atoms in total. The number of nitrogens with one attached hydrogen (secondary N) is 5. The first-order valence-corrected chi connectivity index (χ1v) is 19.6. The molecular formula is C43H45N9O9. The number of nitrogens with zero attached hydrogens (tertiary/aromatic N) is 3. The van der Waals surface area contributed by atoms with Crippen molar-refractivity contribution in [2.75, 3.05) is 19.6 Å². The number of aromatic amines is 1. The van der Waals surface area contributed by atoms with Gasteiger partial charge in [-0.05, 0) is 60.2 Å². The molecule has 0 spiro atoms. The Morgan fingerprint density at radius 3 is 2.23 bits per heavy atom. The smallest absolute Gasteiger partial charge is 0.334 e. The van der Waals surface area contributed by atoms with Gasteiger partial charge in [0.15, 0.2) is 0 Å². The molecule has 0 bridgehead atoms. The summed E-state index contributed by atoms with van der Waals surface area (Å²) in [7, 11) is 0. The van der Waals surface area contributed by atoms with Crippen molar-refractivity contribution in [3.05, 3.63) is 136 Å². The highest BCUT2D eigenvalue weighted by molar-refractivity contribution is 5.95. The van der Waals surface area contributed by atoms with Gasteiger partial charge in [0.1, 0.15) is 23.9 Å². The van der Waals surface area contributed by atoms with E-state index in [1.165, 1.54) is 29.2 Å². The largest absolute Gasteiger partial charge is 0.425 e. The molecule has 0 aliphatic carbocycles. The van der Waals surface area contributed by atoms with Crippen LogP contribution in [-0.4, -0.2) is 99.1 Å². The van der Waals surface area contributed by atoms with Gasteiger partial charge in [0.25, 0.3) is 5.69 Å². The van der Waals surface area contributed by atoms with Gasteiger partial charge in [-0.15, -0.1) is 0 Å². The number of esters is 1. The Bertz CT molecular complexity index is 2360. The predicted octanol–water partition coefficient (Wildman–Crippen LogP) is 1.62. The SMILES string of the molecule is N[C@H](Cc1c[nH]c2ccccc12)C(=O)NCC(=O)N[C@@H](Cc1cccnc1)C(=O)N1CCC[C@H]1C(=O)NCC(=O)N[C@H](Cc1ccccc1)C(=O)Oc1ccc([N+](=O)[O-])cc1. The highest BCUT2D eigenvalue weighted by Crippen LogP contribution is 2.22. The average Bonchev–Trinajstić information content (AvgIpc) is 3.93. The van der Waals surface area contributed by atoms with E-state index < -0.39 is 77.7 Å². The van der Waals surface area contributed by atoms with Gasteiger partial charge < -0.3 is 41.6 Å². The van der Waals surface area contributed by atoms with Crippen molar-refractivity contribution in [2.24, 2.45) is 5.73 Å². The van der Waals surface area contributed by atoms with E-state index in [9.17, 15) is 38.9 Å². The monoisotopic (exact) mass is 831 g/mol. The third-order valence-corrected chi connectivity index (χ3v) is 10.1. The zero-order valence-corrected chi connectivity index (χ0v) is 33.0. The maximum atomic E-state index is 14.1. The second-order valence-corrected chi connectivity index (χ2v) is 14.5. The van der Waals surface area contributed by atoms with Gasteiger partial charge in [-0.25, -0.2) is 4.79 Å². The Hall–Kier alpha value is -7.47. The van der Waals surface area contributed by atoms with E-state index in [4.69, 9.17) is 10.5 Å². The summed E-state index contributed by atoms with van der Waals surface area (Å²) in [5.41, 5.74) is 9.10. The van der Waals surface area contributed by atoms with E-state index in [1.54, 1.807) is 61.1 Å². The van der Waals surface area contributed by atoms with Crippen LogP contribution in [0, 0.1) is 10.1 Å². The number of hydrogen-bond donors (Lipinski definition) is 6.